The van der Waals surface area contributed by atoms with Crippen LogP contribution >= 0.6 is 11.3 Å². The number of hydrogen-bond acceptors (Lipinski definition) is 2. The lowest BCUT2D eigenvalue weighted by Gasteiger charge is -2.11. The van der Waals surface area contributed by atoms with Crippen LogP contribution in [0.5, 0.6) is 0 Å². The number of rotatable bonds is 3. The topological polar surface area (TPSA) is 17.8 Å². The van der Waals surface area contributed by atoms with E-state index < -0.39 is 0 Å². The molecular weight excluding hydrogens is 480 g/mol. The fraction of sp³-hybridized carbons (Fsp3) is 0. The SMILES string of the molecule is c1ccc(-c2cccc(-c3ccc4c(c3)c3ccccc3n4-c3cccc4sc5ccccc5c34)n2)cc1. The molecule has 0 fully saturated rings. The minimum atomic E-state index is 0.982. The summed E-state index contributed by atoms with van der Waals surface area (Å²) < 4.78 is 5.07. The summed E-state index contributed by atoms with van der Waals surface area (Å²) in [5.41, 5.74) is 7.87. The maximum absolute atomic E-state index is 5.03. The Morgan fingerprint density at radius 2 is 1.16 bits per heavy atom. The zero-order valence-electron chi connectivity index (χ0n) is 20.5. The Balaban J connectivity index is 1.38. The molecule has 0 saturated heterocycles. The van der Waals surface area contributed by atoms with E-state index in [1.807, 2.05) is 17.4 Å². The van der Waals surface area contributed by atoms with Gasteiger partial charge in [-0.2, -0.15) is 0 Å². The fourth-order valence-electron chi connectivity index (χ4n) is 5.70. The van der Waals surface area contributed by atoms with E-state index in [1.54, 1.807) is 0 Å². The van der Waals surface area contributed by atoms with Crippen LogP contribution in [0.3, 0.4) is 0 Å². The second-order valence-corrected chi connectivity index (χ2v) is 10.7. The predicted molar refractivity (Wildman–Crippen MR) is 162 cm³/mol. The summed E-state index contributed by atoms with van der Waals surface area (Å²) in [6.45, 7) is 0. The Morgan fingerprint density at radius 3 is 2.05 bits per heavy atom. The van der Waals surface area contributed by atoms with Gasteiger partial charge in [0.25, 0.3) is 0 Å². The van der Waals surface area contributed by atoms with Crippen molar-refractivity contribution in [2.45, 2.75) is 0 Å². The lowest BCUT2D eigenvalue weighted by atomic mass is 10.1. The number of thiophene rings is 1. The van der Waals surface area contributed by atoms with Gasteiger partial charge < -0.3 is 4.57 Å². The molecule has 2 nitrogen and oxygen atoms in total. The molecule has 0 aliphatic rings. The van der Waals surface area contributed by atoms with Crippen LogP contribution < -0.4 is 0 Å². The van der Waals surface area contributed by atoms with Gasteiger partial charge >= 0.3 is 0 Å². The molecule has 0 bridgehead atoms. The summed E-state index contributed by atoms with van der Waals surface area (Å²) in [6, 6.07) is 47.6. The fourth-order valence-corrected chi connectivity index (χ4v) is 6.83. The first-order valence-corrected chi connectivity index (χ1v) is 13.6. The minimum Gasteiger partial charge on any atom is -0.309 e. The van der Waals surface area contributed by atoms with Crippen molar-refractivity contribution in [1.82, 2.24) is 9.55 Å². The molecule has 5 aromatic carbocycles. The summed E-state index contributed by atoms with van der Waals surface area (Å²) >= 11 is 1.86. The van der Waals surface area contributed by atoms with Crippen molar-refractivity contribution >= 4 is 53.3 Å². The third-order valence-electron chi connectivity index (χ3n) is 7.41. The van der Waals surface area contributed by atoms with E-state index in [4.69, 9.17) is 4.98 Å². The highest BCUT2D eigenvalue weighted by molar-refractivity contribution is 7.25. The first kappa shape index (κ1) is 21.4. The van der Waals surface area contributed by atoms with Gasteiger partial charge in [0, 0.05) is 42.1 Å². The lowest BCUT2D eigenvalue weighted by molar-refractivity contribution is 1.20. The summed E-state index contributed by atoms with van der Waals surface area (Å²) in [4.78, 5) is 5.03. The van der Waals surface area contributed by atoms with Crippen molar-refractivity contribution in [3.8, 4) is 28.2 Å². The average Bonchev–Trinajstić information content (AvgIpc) is 3.53. The van der Waals surface area contributed by atoms with Crippen LogP contribution in [0.1, 0.15) is 0 Å². The normalized spacial score (nSPS) is 11.7. The van der Waals surface area contributed by atoms with E-state index in [0.717, 1.165) is 22.5 Å². The largest absolute Gasteiger partial charge is 0.309 e. The van der Waals surface area contributed by atoms with Crippen LogP contribution in [0.15, 0.2) is 133 Å². The molecule has 0 radical (unpaired) electrons. The third-order valence-corrected chi connectivity index (χ3v) is 8.54. The number of pyridine rings is 1. The lowest BCUT2D eigenvalue weighted by Crippen LogP contribution is -1.94. The number of benzene rings is 5. The second-order valence-electron chi connectivity index (χ2n) is 9.61. The molecule has 0 atom stereocenters. The number of nitrogens with zero attached hydrogens (tertiary/aromatic N) is 2. The molecular formula is C35H22N2S. The highest BCUT2D eigenvalue weighted by atomic mass is 32.1. The summed E-state index contributed by atoms with van der Waals surface area (Å²) in [5.74, 6) is 0. The number of para-hydroxylation sites is 1. The van der Waals surface area contributed by atoms with Crippen molar-refractivity contribution in [2.75, 3.05) is 0 Å². The molecule has 0 aliphatic heterocycles. The summed E-state index contributed by atoms with van der Waals surface area (Å²) in [6.07, 6.45) is 0. The molecule has 3 aromatic heterocycles. The van der Waals surface area contributed by atoms with E-state index >= 15 is 0 Å². The van der Waals surface area contributed by atoms with Crippen LogP contribution in [0.4, 0.5) is 0 Å². The highest BCUT2D eigenvalue weighted by Crippen LogP contribution is 2.41. The van der Waals surface area contributed by atoms with E-state index in [9.17, 15) is 0 Å². The Labute approximate surface area is 224 Å². The van der Waals surface area contributed by atoms with Crippen LogP contribution in [0.2, 0.25) is 0 Å². The average molecular weight is 503 g/mol. The molecule has 8 aromatic rings. The van der Waals surface area contributed by atoms with E-state index in [0.29, 0.717) is 0 Å². The molecule has 178 valence electrons. The molecule has 38 heavy (non-hydrogen) atoms. The number of fused-ring (bicyclic) bond motifs is 6. The Hall–Kier alpha value is -4.73. The maximum Gasteiger partial charge on any atom is 0.0709 e. The van der Waals surface area contributed by atoms with E-state index in [1.165, 1.54) is 47.7 Å². The quantitative estimate of drug-likeness (QED) is 0.235. The molecule has 0 amide bonds. The Morgan fingerprint density at radius 1 is 0.474 bits per heavy atom. The standard InChI is InChI=1S/C35H22N2S/c1-2-10-23(11-3-1)28-14-8-15-29(36-28)24-20-21-31-27(22-24)25-12-4-6-16-30(25)37(31)32-17-9-19-34-35(32)26-13-5-7-18-33(26)38-34/h1-22H. The molecule has 0 saturated carbocycles. The van der Waals surface area contributed by atoms with Gasteiger partial charge in [0.05, 0.1) is 28.1 Å². The van der Waals surface area contributed by atoms with Gasteiger partial charge in [-0.15, -0.1) is 11.3 Å². The van der Waals surface area contributed by atoms with Gasteiger partial charge in [-0.05, 0) is 48.5 Å². The van der Waals surface area contributed by atoms with Crippen molar-refractivity contribution in [3.05, 3.63) is 133 Å². The van der Waals surface area contributed by atoms with Gasteiger partial charge in [0.15, 0.2) is 0 Å². The number of aromatic nitrogens is 2. The van der Waals surface area contributed by atoms with Gasteiger partial charge in [0.1, 0.15) is 0 Å². The monoisotopic (exact) mass is 502 g/mol. The van der Waals surface area contributed by atoms with Crippen LogP contribution in [0.25, 0.3) is 70.2 Å². The Bertz CT molecular complexity index is 2130. The zero-order chi connectivity index (χ0) is 25.1. The molecule has 0 spiro atoms. The summed E-state index contributed by atoms with van der Waals surface area (Å²) in [5, 5.41) is 5.12. The van der Waals surface area contributed by atoms with E-state index in [2.05, 4.69) is 132 Å². The molecule has 0 unspecified atom stereocenters. The van der Waals surface area contributed by atoms with Gasteiger partial charge in [0.2, 0.25) is 0 Å². The molecule has 8 rings (SSSR count). The molecule has 0 N–H and O–H groups in total. The number of hydrogen-bond donors (Lipinski definition) is 0. The van der Waals surface area contributed by atoms with Crippen molar-refractivity contribution < 1.29 is 0 Å². The first-order chi connectivity index (χ1) is 18.8. The highest BCUT2D eigenvalue weighted by Gasteiger charge is 2.17. The molecule has 3 heteroatoms. The van der Waals surface area contributed by atoms with Crippen LogP contribution in [-0.4, -0.2) is 9.55 Å². The van der Waals surface area contributed by atoms with Gasteiger partial charge in [-0.1, -0.05) is 84.9 Å². The molecule has 0 aliphatic carbocycles. The maximum atomic E-state index is 5.03. The first-order valence-electron chi connectivity index (χ1n) is 12.8. The van der Waals surface area contributed by atoms with Crippen molar-refractivity contribution in [1.29, 1.82) is 0 Å². The van der Waals surface area contributed by atoms with Crippen LogP contribution in [-0.2, 0) is 0 Å². The second kappa shape index (κ2) is 8.41. The van der Waals surface area contributed by atoms with Gasteiger partial charge in [-0.25, -0.2) is 4.98 Å². The third kappa shape index (κ3) is 3.22. The van der Waals surface area contributed by atoms with Crippen LogP contribution in [0, 0.1) is 0 Å². The predicted octanol–water partition coefficient (Wildman–Crippen LogP) is 9.88. The van der Waals surface area contributed by atoms with Crippen molar-refractivity contribution in [2.24, 2.45) is 0 Å². The Kier molecular flexibility index (Phi) is 4.73. The molecule has 3 heterocycles. The smallest absolute Gasteiger partial charge is 0.0709 e. The minimum absolute atomic E-state index is 0.982. The zero-order valence-corrected chi connectivity index (χ0v) is 21.3. The van der Waals surface area contributed by atoms with E-state index in [-0.39, 0.29) is 0 Å². The summed E-state index contributed by atoms with van der Waals surface area (Å²) in [7, 11) is 0. The van der Waals surface area contributed by atoms with Gasteiger partial charge in [-0.3, -0.25) is 0 Å². The van der Waals surface area contributed by atoms with Crippen molar-refractivity contribution in [3.63, 3.8) is 0 Å².